The highest BCUT2D eigenvalue weighted by atomic mass is 35.5. The van der Waals surface area contributed by atoms with E-state index >= 15 is 0 Å². The Kier molecular flexibility index (Phi) is 2.33. The zero-order valence-electron chi connectivity index (χ0n) is 8.66. The second-order valence-electron chi connectivity index (χ2n) is 3.88. The van der Waals surface area contributed by atoms with Gasteiger partial charge in [-0.2, -0.15) is 0 Å². The van der Waals surface area contributed by atoms with Crippen LogP contribution in [0.5, 0.6) is 0 Å². The number of hydrogen-bond acceptors (Lipinski definition) is 3. The Balaban J connectivity index is 2.09. The van der Waals surface area contributed by atoms with E-state index in [0.717, 1.165) is 47.1 Å². The number of rotatable bonds is 1. The summed E-state index contributed by atoms with van der Waals surface area (Å²) in [5, 5.41) is 8.04. The molecule has 4 heteroatoms. The van der Waals surface area contributed by atoms with Crippen LogP contribution in [0.3, 0.4) is 0 Å². The van der Waals surface area contributed by atoms with Crippen molar-refractivity contribution >= 4 is 17.5 Å². The van der Waals surface area contributed by atoms with Crippen LogP contribution < -0.4 is 5.32 Å². The molecular formula is C12H11ClN2O. The molecule has 2 aromatic rings. The average Bonchev–Trinajstić information content (AvgIpc) is 2.72. The smallest absolute Gasteiger partial charge is 0.228 e. The minimum atomic E-state index is 0.720. The molecule has 0 saturated heterocycles. The van der Waals surface area contributed by atoms with Gasteiger partial charge < -0.3 is 9.84 Å². The first kappa shape index (κ1) is 9.73. The van der Waals surface area contributed by atoms with Gasteiger partial charge >= 0.3 is 0 Å². The molecular weight excluding hydrogens is 224 g/mol. The topological polar surface area (TPSA) is 38.1 Å². The van der Waals surface area contributed by atoms with Crippen LogP contribution in [0.25, 0.3) is 11.3 Å². The molecule has 1 aromatic heterocycles. The summed E-state index contributed by atoms with van der Waals surface area (Å²) in [5.41, 5.74) is 3.08. The molecule has 0 amide bonds. The van der Waals surface area contributed by atoms with Crippen molar-refractivity contribution < 1.29 is 4.52 Å². The van der Waals surface area contributed by atoms with E-state index < -0.39 is 0 Å². The van der Waals surface area contributed by atoms with Crippen molar-refractivity contribution in [2.75, 3.05) is 11.9 Å². The van der Waals surface area contributed by atoms with E-state index in [4.69, 9.17) is 16.1 Å². The molecule has 16 heavy (non-hydrogen) atoms. The first-order valence-electron chi connectivity index (χ1n) is 5.33. The third-order valence-corrected chi connectivity index (χ3v) is 3.01. The van der Waals surface area contributed by atoms with Gasteiger partial charge in [-0.15, -0.1) is 0 Å². The fourth-order valence-corrected chi connectivity index (χ4v) is 2.20. The van der Waals surface area contributed by atoms with Crippen molar-refractivity contribution in [2.45, 2.75) is 12.8 Å². The maximum absolute atomic E-state index is 5.97. The highest BCUT2D eigenvalue weighted by Gasteiger charge is 2.19. The molecule has 1 aromatic carbocycles. The van der Waals surface area contributed by atoms with Crippen LogP contribution in [-0.4, -0.2) is 11.7 Å². The summed E-state index contributed by atoms with van der Waals surface area (Å²) in [5.74, 6) is 0.807. The van der Waals surface area contributed by atoms with Gasteiger partial charge in [0, 0.05) is 22.7 Å². The maximum atomic E-state index is 5.97. The van der Waals surface area contributed by atoms with E-state index in [1.54, 1.807) is 0 Å². The summed E-state index contributed by atoms with van der Waals surface area (Å²) in [6.07, 6.45) is 2.12. The molecule has 0 aliphatic carbocycles. The quantitative estimate of drug-likeness (QED) is 0.822. The second kappa shape index (κ2) is 3.83. The number of benzene rings is 1. The summed E-state index contributed by atoms with van der Waals surface area (Å²) in [7, 11) is 0. The normalized spacial score (nSPS) is 14.3. The first-order valence-corrected chi connectivity index (χ1v) is 5.71. The fraction of sp³-hybridized carbons (Fsp3) is 0.250. The summed E-state index contributed by atoms with van der Waals surface area (Å²) in [6, 6.07) is 7.69. The van der Waals surface area contributed by atoms with Gasteiger partial charge in [0.2, 0.25) is 5.88 Å². The Bertz CT molecular complexity index is 521. The predicted molar refractivity (Wildman–Crippen MR) is 63.8 cm³/mol. The summed E-state index contributed by atoms with van der Waals surface area (Å²) in [4.78, 5) is 0. The Morgan fingerprint density at radius 1 is 1.38 bits per heavy atom. The van der Waals surface area contributed by atoms with Crippen LogP contribution in [0.4, 0.5) is 5.88 Å². The maximum Gasteiger partial charge on any atom is 0.228 e. The van der Waals surface area contributed by atoms with Crippen molar-refractivity contribution in [3.8, 4) is 11.3 Å². The lowest BCUT2D eigenvalue weighted by Gasteiger charge is -2.11. The molecule has 1 aliphatic rings. The highest BCUT2D eigenvalue weighted by molar-refractivity contribution is 6.30. The van der Waals surface area contributed by atoms with E-state index in [2.05, 4.69) is 10.5 Å². The molecule has 0 saturated carbocycles. The molecule has 3 nitrogen and oxygen atoms in total. The molecule has 3 rings (SSSR count). The van der Waals surface area contributed by atoms with Gasteiger partial charge in [-0.1, -0.05) is 28.9 Å². The Morgan fingerprint density at radius 2 is 2.31 bits per heavy atom. The number of aromatic nitrogens is 1. The molecule has 2 heterocycles. The predicted octanol–water partition coefficient (Wildman–Crippen LogP) is 3.35. The van der Waals surface area contributed by atoms with E-state index in [1.807, 2.05) is 24.3 Å². The monoisotopic (exact) mass is 234 g/mol. The Labute approximate surface area is 98.4 Å². The van der Waals surface area contributed by atoms with E-state index in [1.165, 1.54) is 0 Å². The highest BCUT2D eigenvalue weighted by Crippen LogP contribution is 2.32. The zero-order valence-corrected chi connectivity index (χ0v) is 9.42. The lowest BCUT2D eigenvalue weighted by Crippen LogP contribution is -2.09. The van der Waals surface area contributed by atoms with Gasteiger partial charge in [-0.25, -0.2) is 0 Å². The van der Waals surface area contributed by atoms with Gasteiger partial charge in [-0.3, -0.25) is 0 Å². The van der Waals surface area contributed by atoms with Gasteiger partial charge in [0.25, 0.3) is 0 Å². The molecule has 0 spiro atoms. The number of fused-ring (bicyclic) bond motifs is 1. The molecule has 0 fully saturated rings. The fourth-order valence-electron chi connectivity index (χ4n) is 2.01. The Morgan fingerprint density at radius 3 is 3.19 bits per heavy atom. The van der Waals surface area contributed by atoms with Gasteiger partial charge in [0.1, 0.15) is 5.69 Å². The largest absolute Gasteiger partial charge is 0.354 e. The van der Waals surface area contributed by atoms with Gasteiger partial charge in [0.15, 0.2) is 0 Å². The number of hydrogen-bond donors (Lipinski definition) is 1. The lowest BCUT2D eigenvalue weighted by molar-refractivity contribution is 0.431. The molecule has 0 unspecified atom stereocenters. The summed E-state index contributed by atoms with van der Waals surface area (Å²) >= 11 is 5.97. The number of nitrogens with zero attached hydrogens (tertiary/aromatic N) is 1. The average molecular weight is 235 g/mol. The van der Waals surface area contributed by atoms with Crippen molar-refractivity contribution in [1.29, 1.82) is 0 Å². The van der Waals surface area contributed by atoms with Crippen LogP contribution in [0.2, 0.25) is 5.02 Å². The van der Waals surface area contributed by atoms with Crippen LogP contribution in [0, 0.1) is 0 Å². The first-order chi connectivity index (χ1) is 7.84. The third kappa shape index (κ3) is 1.57. The number of halogens is 1. The van der Waals surface area contributed by atoms with Crippen LogP contribution in [-0.2, 0) is 6.42 Å². The van der Waals surface area contributed by atoms with Crippen LogP contribution >= 0.6 is 11.6 Å². The number of nitrogens with one attached hydrogen (secondary N) is 1. The van der Waals surface area contributed by atoms with Crippen molar-refractivity contribution in [3.05, 3.63) is 34.9 Å². The summed E-state index contributed by atoms with van der Waals surface area (Å²) in [6.45, 7) is 0.956. The zero-order chi connectivity index (χ0) is 11.0. The van der Waals surface area contributed by atoms with Gasteiger partial charge in [-0.05, 0) is 25.0 Å². The molecule has 0 radical (unpaired) electrons. The molecule has 1 aliphatic heterocycles. The van der Waals surface area contributed by atoms with Crippen molar-refractivity contribution in [2.24, 2.45) is 0 Å². The van der Waals surface area contributed by atoms with E-state index in [9.17, 15) is 0 Å². The molecule has 1 N–H and O–H groups in total. The molecule has 0 atom stereocenters. The van der Waals surface area contributed by atoms with Crippen molar-refractivity contribution in [1.82, 2.24) is 5.16 Å². The lowest BCUT2D eigenvalue weighted by atomic mass is 10.0. The minimum Gasteiger partial charge on any atom is -0.354 e. The third-order valence-electron chi connectivity index (χ3n) is 2.78. The van der Waals surface area contributed by atoms with Crippen LogP contribution in [0.1, 0.15) is 12.0 Å². The second-order valence-corrected chi connectivity index (χ2v) is 4.32. The molecule has 82 valence electrons. The SMILES string of the molecule is Clc1cccc(-c2noc3c2CCCN3)c1. The van der Waals surface area contributed by atoms with Gasteiger partial charge in [0.05, 0.1) is 0 Å². The van der Waals surface area contributed by atoms with Crippen LogP contribution in [0.15, 0.2) is 28.8 Å². The Hall–Kier alpha value is -1.48. The van der Waals surface area contributed by atoms with E-state index in [-0.39, 0.29) is 0 Å². The summed E-state index contributed by atoms with van der Waals surface area (Å²) < 4.78 is 5.28. The van der Waals surface area contributed by atoms with E-state index in [0.29, 0.717) is 0 Å². The van der Waals surface area contributed by atoms with Crippen molar-refractivity contribution in [3.63, 3.8) is 0 Å². The minimum absolute atomic E-state index is 0.720. The number of anilines is 1. The molecule has 0 bridgehead atoms. The standard InChI is InChI=1S/C12H11ClN2O/c13-9-4-1-3-8(7-9)11-10-5-2-6-14-12(10)16-15-11/h1,3-4,7,14H,2,5-6H2.